The molecule has 0 saturated heterocycles. The number of benzene rings is 1. The molecule has 0 aliphatic carbocycles. The minimum absolute atomic E-state index is 0.244. The minimum atomic E-state index is 0.244. The monoisotopic (exact) mass is 376 g/mol. The van der Waals surface area contributed by atoms with Crippen molar-refractivity contribution in [2.45, 2.75) is 47.6 Å². The summed E-state index contributed by atoms with van der Waals surface area (Å²) in [5.74, 6) is 0.531. The third-order valence-corrected chi connectivity index (χ3v) is 3.77. The van der Waals surface area contributed by atoms with Gasteiger partial charge in [-0.05, 0) is 55.9 Å². The van der Waals surface area contributed by atoms with Crippen molar-refractivity contribution in [3.05, 3.63) is 47.9 Å². The molecule has 27 heavy (non-hydrogen) atoms. The Balaban J connectivity index is 2.36. The van der Waals surface area contributed by atoms with Gasteiger partial charge in [0.1, 0.15) is 6.61 Å². The Kier molecular flexibility index (Phi) is 11.5. The van der Waals surface area contributed by atoms with E-state index in [1.54, 1.807) is 6.26 Å². The van der Waals surface area contributed by atoms with E-state index in [0.29, 0.717) is 32.3 Å². The zero-order valence-electron chi connectivity index (χ0n) is 17.8. The molecule has 0 radical (unpaired) electrons. The van der Waals surface area contributed by atoms with Crippen molar-refractivity contribution in [2.75, 3.05) is 33.0 Å². The van der Waals surface area contributed by atoms with Gasteiger partial charge < -0.3 is 18.9 Å². The summed E-state index contributed by atoms with van der Waals surface area (Å²) in [5.41, 5.74) is 4.51. The fraction of sp³-hybridized carbons (Fsp3) is 0.565. The molecule has 1 aromatic rings. The van der Waals surface area contributed by atoms with Crippen LogP contribution in [-0.4, -0.2) is 39.1 Å². The van der Waals surface area contributed by atoms with Gasteiger partial charge in [0.25, 0.3) is 0 Å². The predicted octanol–water partition coefficient (Wildman–Crippen LogP) is 5.54. The van der Waals surface area contributed by atoms with E-state index in [4.69, 9.17) is 18.9 Å². The summed E-state index contributed by atoms with van der Waals surface area (Å²) in [7, 11) is 0. The summed E-state index contributed by atoms with van der Waals surface area (Å²) in [6.45, 7) is 15.5. The highest BCUT2D eigenvalue weighted by molar-refractivity contribution is 5.68. The number of rotatable bonds is 13. The molecule has 152 valence electrons. The minimum Gasteiger partial charge on any atom is -0.501 e. The van der Waals surface area contributed by atoms with Gasteiger partial charge in [-0.1, -0.05) is 38.1 Å². The average Bonchev–Trinajstić information content (AvgIpc) is 2.63. The Morgan fingerprint density at radius 2 is 1.30 bits per heavy atom. The first-order valence-corrected chi connectivity index (χ1v) is 9.77. The summed E-state index contributed by atoms with van der Waals surface area (Å²) in [6.07, 6.45) is 3.87. The Labute approximate surface area is 165 Å². The topological polar surface area (TPSA) is 36.9 Å². The normalized spacial score (nSPS) is 12.7. The lowest BCUT2D eigenvalue weighted by Gasteiger charge is -2.09. The maximum atomic E-state index is 5.59. The zero-order valence-corrected chi connectivity index (χ0v) is 17.8. The Bertz CT molecular complexity index is 571. The van der Waals surface area contributed by atoms with E-state index in [9.17, 15) is 0 Å². The lowest BCUT2D eigenvalue weighted by molar-refractivity contribution is 0.00884. The maximum Gasteiger partial charge on any atom is 0.111 e. The average molecular weight is 377 g/mol. The van der Waals surface area contributed by atoms with Crippen molar-refractivity contribution in [3.8, 4) is 0 Å². The second-order valence-electron chi connectivity index (χ2n) is 7.31. The molecule has 1 aromatic carbocycles. The highest BCUT2D eigenvalue weighted by atomic mass is 16.5. The second-order valence-corrected chi connectivity index (χ2v) is 7.31. The quantitative estimate of drug-likeness (QED) is 0.335. The summed E-state index contributed by atoms with van der Waals surface area (Å²) < 4.78 is 22.0. The fourth-order valence-electron chi connectivity index (χ4n) is 2.23. The van der Waals surface area contributed by atoms with E-state index < -0.39 is 0 Å². The number of ether oxygens (including phenoxy) is 4. The Morgan fingerprint density at radius 3 is 1.81 bits per heavy atom. The highest BCUT2D eigenvalue weighted by Gasteiger charge is 2.00. The Hall–Kier alpha value is -1.78. The predicted molar refractivity (Wildman–Crippen MR) is 112 cm³/mol. The Morgan fingerprint density at radius 1 is 0.778 bits per heavy atom. The smallest absolute Gasteiger partial charge is 0.111 e. The van der Waals surface area contributed by atoms with Crippen LogP contribution in [-0.2, 0) is 18.9 Å². The van der Waals surface area contributed by atoms with Crippen LogP contribution in [0.4, 0.5) is 0 Å². The molecule has 0 atom stereocenters. The van der Waals surface area contributed by atoms with E-state index in [1.807, 2.05) is 27.0 Å². The van der Waals surface area contributed by atoms with Crippen LogP contribution in [0.1, 0.15) is 52.7 Å². The van der Waals surface area contributed by atoms with Crippen LogP contribution in [0.25, 0.3) is 11.1 Å². The molecular formula is C23H36O4. The van der Waals surface area contributed by atoms with Crippen LogP contribution < -0.4 is 0 Å². The fourth-order valence-corrected chi connectivity index (χ4v) is 2.23. The third kappa shape index (κ3) is 10.8. The first-order chi connectivity index (χ1) is 12.9. The summed E-state index contributed by atoms with van der Waals surface area (Å²) >= 11 is 0. The molecule has 0 saturated carbocycles. The van der Waals surface area contributed by atoms with Gasteiger partial charge in [-0.2, -0.15) is 0 Å². The van der Waals surface area contributed by atoms with E-state index in [-0.39, 0.29) is 6.10 Å². The van der Waals surface area contributed by atoms with Crippen LogP contribution in [0.5, 0.6) is 0 Å². The summed E-state index contributed by atoms with van der Waals surface area (Å²) in [6, 6.07) is 8.41. The van der Waals surface area contributed by atoms with Crippen molar-refractivity contribution in [3.63, 3.8) is 0 Å². The van der Waals surface area contributed by atoms with Gasteiger partial charge in [0.05, 0.1) is 45.1 Å². The van der Waals surface area contributed by atoms with Gasteiger partial charge >= 0.3 is 0 Å². The van der Waals surface area contributed by atoms with Crippen LogP contribution >= 0.6 is 0 Å². The van der Waals surface area contributed by atoms with Gasteiger partial charge in [0.15, 0.2) is 0 Å². The largest absolute Gasteiger partial charge is 0.501 e. The molecule has 1 rings (SSSR count). The lowest BCUT2D eigenvalue weighted by Crippen LogP contribution is -2.11. The van der Waals surface area contributed by atoms with Crippen LogP contribution in [0.15, 0.2) is 36.8 Å². The van der Waals surface area contributed by atoms with Gasteiger partial charge in [-0.25, -0.2) is 0 Å². The molecule has 0 fully saturated rings. The zero-order chi connectivity index (χ0) is 20.1. The molecule has 0 aliphatic rings. The molecule has 0 amide bonds. The summed E-state index contributed by atoms with van der Waals surface area (Å²) in [4.78, 5) is 0. The SMILES string of the molecule is C/C(=C\OCCOCCOC(C)C)c1ccc(/C(C)=C/OCC(C)C)cc1. The number of allylic oxidation sites excluding steroid dienone is 2. The van der Waals surface area contributed by atoms with E-state index in [0.717, 1.165) is 28.9 Å². The standard InChI is InChI=1S/C23H36O4/c1-18(2)15-26-17-21(6)23-9-7-22(8-10-23)20(5)16-25-12-11-24-13-14-27-19(3)4/h7-10,16-19H,11-15H2,1-6H3/b20-16+,21-17+. The van der Waals surface area contributed by atoms with Crippen molar-refractivity contribution < 1.29 is 18.9 Å². The van der Waals surface area contributed by atoms with Crippen molar-refractivity contribution in [2.24, 2.45) is 5.92 Å². The van der Waals surface area contributed by atoms with Gasteiger partial charge in [-0.3, -0.25) is 0 Å². The molecule has 0 bridgehead atoms. The van der Waals surface area contributed by atoms with Gasteiger partial charge in [-0.15, -0.1) is 0 Å². The molecule has 0 aromatic heterocycles. The van der Waals surface area contributed by atoms with Crippen molar-refractivity contribution in [1.82, 2.24) is 0 Å². The number of hydrogen-bond donors (Lipinski definition) is 0. The molecule has 0 heterocycles. The van der Waals surface area contributed by atoms with Crippen molar-refractivity contribution >= 4 is 11.1 Å². The molecule has 4 nitrogen and oxygen atoms in total. The molecular weight excluding hydrogens is 340 g/mol. The number of hydrogen-bond acceptors (Lipinski definition) is 4. The first-order valence-electron chi connectivity index (χ1n) is 9.77. The third-order valence-electron chi connectivity index (χ3n) is 3.77. The molecule has 0 unspecified atom stereocenters. The molecule has 4 heteroatoms. The molecule has 0 spiro atoms. The van der Waals surface area contributed by atoms with Crippen LogP contribution in [0, 0.1) is 5.92 Å². The molecule has 0 aliphatic heterocycles. The first kappa shape index (κ1) is 23.3. The van der Waals surface area contributed by atoms with Crippen LogP contribution in [0.3, 0.4) is 0 Å². The lowest BCUT2D eigenvalue weighted by atomic mass is 10.0. The maximum absolute atomic E-state index is 5.59. The summed E-state index contributed by atoms with van der Waals surface area (Å²) in [5, 5.41) is 0. The van der Waals surface area contributed by atoms with E-state index in [1.165, 1.54) is 0 Å². The van der Waals surface area contributed by atoms with Gasteiger partial charge in [0, 0.05) is 0 Å². The van der Waals surface area contributed by atoms with E-state index in [2.05, 4.69) is 45.0 Å². The molecule has 0 N–H and O–H groups in total. The van der Waals surface area contributed by atoms with Crippen LogP contribution in [0.2, 0.25) is 0 Å². The van der Waals surface area contributed by atoms with Gasteiger partial charge in [0.2, 0.25) is 0 Å². The highest BCUT2D eigenvalue weighted by Crippen LogP contribution is 2.19. The second kappa shape index (κ2) is 13.4. The van der Waals surface area contributed by atoms with E-state index >= 15 is 0 Å². The van der Waals surface area contributed by atoms with Crippen molar-refractivity contribution in [1.29, 1.82) is 0 Å².